The molecule has 1 nitrogen and oxygen atoms in total. The maximum Gasteiger partial charge on any atom is 0.288 e. The van der Waals surface area contributed by atoms with Crippen molar-refractivity contribution in [3.63, 3.8) is 0 Å². The largest absolute Gasteiger partial charge is 0.308 e. The van der Waals surface area contributed by atoms with Gasteiger partial charge in [0.05, 0.1) is 6.04 Å². The van der Waals surface area contributed by atoms with E-state index in [1.165, 1.54) is 0 Å². The van der Waals surface area contributed by atoms with Crippen LogP contribution in [-0.4, -0.2) is 12.6 Å². The molecule has 0 spiro atoms. The van der Waals surface area contributed by atoms with Crippen molar-refractivity contribution in [1.29, 1.82) is 0 Å². The van der Waals surface area contributed by atoms with E-state index < -0.39 is 12.0 Å². The predicted octanol–water partition coefficient (Wildman–Crippen LogP) is 4.07. The highest BCUT2D eigenvalue weighted by Gasteiger charge is 2.42. The lowest BCUT2D eigenvalue weighted by Gasteiger charge is -2.32. The average molecular weight is 261 g/mol. The molecule has 100 valence electrons. The number of nitrogens with one attached hydrogen (secondary N) is 1. The fourth-order valence-corrected chi connectivity index (χ4v) is 2.87. The first-order valence-corrected chi connectivity index (χ1v) is 6.79. The van der Waals surface area contributed by atoms with Crippen molar-refractivity contribution < 1.29 is 8.78 Å². The molecule has 1 heterocycles. The van der Waals surface area contributed by atoms with Crippen molar-refractivity contribution in [1.82, 2.24) is 5.32 Å². The Hall–Kier alpha value is -1.48. The van der Waals surface area contributed by atoms with Crippen LogP contribution in [0, 0.1) is 0 Å². The number of hydrogen-bond acceptors (Lipinski definition) is 1. The molecular weight excluding hydrogens is 244 g/mol. The summed E-state index contributed by atoms with van der Waals surface area (Å²) in [6.45, 7) is 0.686. The van der Waals surface area contributed by atoms with E-state index in [2.05, 4.69) is 5.32 Å². The number of piperidine rings is 1. The minimum atomic E-state index is -2.82. The maximum atomic E-state index is 14.7. The molecular formula is C16H17F2N. The molecule has 1 atom stereocenters. The summed E-state index contributed by atoms with van der Waals surface area (Å²) in [5, 5.41) is 4.50. The minimum absolute atomic E-state index is 0.144. The Balaban J connectivity index is 2.07. The van der Waals surface area contributed by atoms with Crippen molar-refractivity contribution in [3.05, 3.63) is 48.0 Å². The molecule has 1 fully saturated rings. The van der Waals surface area contributed by atoms with Crippen LogP contribution in [0.2, 0.25) is 0 Å². The summed E-state index contributed by atoms with van der Waals surface area (Å²) < 4.78 is 29.4. The van der Waals surface area contributed by atoms with Gasteiger partial charge in [-0.3, -0.25) is 0 Å². The fourth-order valence-electron chi connectivity index (χ4n) is 2.87. The van der Waals surface area contributed by atoms with Gasteiger partial charge < -0.3 is 5.32 Å². The molecule has 3 heteroatoms. The third kappa shape index (κ3) is 2.23. The van der Waals surface area contributed by atoms with E-state index in [9.17, 15) is 8.78 Å². The van der Waals surface area contributed by atoms with Crippen LogP contribution in [0.4, 0.5) is 8.78 Å². The predicted molar refractivity (Wildman–Crippen MR) is 73.5 cm³/mol. The second-order valence-corrected chi connectivity index (χ2v) is 5.15. The molecule has 0 aromatic heterocycles. The number of hydrogen-bond donors (Lipinski definition) is 1. The summed E-state index contributed by atoms with van der Waals surface area (Å²) in [6, 6.07) is 11.8. The van der Waals surface area contributed by atoms with Gasteiger partial charge in [-0.25, -0.2) is 0 Å². The molecule has 0 amide bonds. The summed E-state index contributed by atoms with van der Waals surface area (Å²) in [5.41, 5.74) is 0.144. The van der Waals surface area contributed by atoms with Gasteiger partial charge in [0.25, 0.3) is 5.92 Å². The topological polar surface area (TPSA) is 12.0 Å². The summed E-state index contributed by atoms with van der Waals surface area (Å²) in [5.74, 6) is -2.82. The molecule has 0 aliphatic carbocycles. The molecule has 1 saturated heterocycles. The van der Waals surface area contributed by atoms with Gasteiger partial charge in [0.2, 0.25) is 0 Å². The van der Waals surface area contributed by atoms with E-state index in [4.69, 9.17) is 0 Å². The maximum absolute atomic E-state index is 14.7. The lowest BCUT2D eigenvalue weighted by Crippen LogP contribution is -2.45. The lowest BCUT2D eigenvalue weighted by molar-refractivity contribution is -0.0498. The second kappa shape index (κ2) is 4.89. The van der Waals surface area contributed by atoms with Gasteiger partial charge in [-0.1, -0.05) is 48.9 Å². The fraction of sp³-hybridized carbons (Fsp3) is 0.375. The van der Waals surface area contributed by atoms with Crippen LogP contribution in [0.3, 0.4) is 0 Å². The second-order valence-electron chi connectivity index (χ2n) is 5.15. The standard InChI is InChI=1S/C16H17F2N/c17-16(18,15-10-3-4-11-19-15)14-9-5-7-12-6-1-2-8-13(12)14/h1-2,5-9,15,19H,3-4,10-11H2. The molecule has 2 aromatic carbocycles. The first kappa shape index (κ1) is 12.5. The van der Waals surface area contributed by atoms with Gasteiger partial charge in [-0.2, -0.15) is 8.78 Å². The average Bonchev–Trinajstić information content (AvgIpc) is 2.47. The molecule has 2 aromatic rings. The highest BCUT2D eigenvalue weighted by atomic mass is 19.3. The first-order chi connectivity index (χ1) is 9.19. The Kier molecular flexibility index (Phi) is 3.23. The first-order valence-electron chi connectivity index (χ1n) is 6.79. The molecule has 3 rings (SSSR count). The van der Waals surface area contributed by atoms with Gasteiger partial charge in [0.15, 0.2) is 0 Å². The zero-order chi connectivity index (χ0) is 13.3. The van der Waals surface area contributed by atoms with E-state index in [0.717, 1.165) is 18.2 Å². The van der Waals surface area contributed by atoms with Crippen molar-refractivity contribution >= 4 is 10.8 Å². The Labute approximate surface area is 111 Å². The number of alkyl halides is 2. The SMILES string of the molecule is FC(F)(c1cccc2ccccc12)C1CCCCN1. The van der Waals surface area contributed by atoms with Gasteiger partial charge in [0, 0.05) is 5.56 Å². The van der Waals surface area contributed by atoms with Crippen molar-refractivity contribution in [2.24, 2.45) is 0 Å². The molecule has 1 aliphatic heterocycles. The van der Waals surface area contributed by atoms with E-state index in [1.54, 1.807) is 18.2 Å². The Morgan fingerprint density at radius 2 is 1.79 bits per heavy atom. The van der Waals surface area contributed by atoms with Crippen molar-refractivity contribution in [2.75, 3.05) is 6.54 Å². The number of benzene rings is 2. The van der Waals surface area contributed by atoms with Crippen LogP contribution < -0.4 is 5.32 Å². The summed E-state index contributed by atoms with van der Waals surface area (Å²) in [7, 11) is 0. The molecule has 0 radical (unpaired) electrons. The van der Waals surface area contributed by atoms with Gasteiger partial charge in [-0.05, 0) is 30.2 Å². The monoisotopic (exact) mass is 261 g/mol. The van der Waals surface area contributed by atoms with E-state index >= 15 is 0 Å². The van der Waals surface area contributed by atoms with Crippen LogP contribution in [0.15, 0.2) is 42.5 Å². The van der Waals surface area contributed by atoms with Gasteiger partial charge in [-0.15, -0.1) is 0 Å². The van der Waals surface area contributed by atoms with Crippen molar-refractivity contribution in [2.45, 2.75) is 31.2 Å². The normalized spacial score (nSPS) is 20.6. The molecule has 1 aliphatic rings. The number of rotatable bonds is 2. The highest BCUT2D eigenvalue weighted by Crippen LogP contribution is 2.38. The number of halogens is 2. The zero-order valence-electron chi connectivity index (χ0n) is 10.7. The minimum Gasteiger partial charge on any atom is -0.308 e. The summed E-state index contributed by atoms with van der Waals surface area (Å²) in [4.78, 5) is 0. The van der Waals surface area contributed by atoms with E-state index in [1.807, 2.05) is 24.3 Å². The van der Waals surface area contributed by atoms with Gasteiger partial charge >= 0.3 is 0 Å². The summed E-state index contributed by atoms with van der Waals surface area (Å²) in [6.07, 6.45) is 2.40. The smallest absolute Gasteiger partial charge is 0.288 e. The Bertz CT molecular complexity index is 568. The van der Waals surface area contributed by atoms with Crippen LogP contribution in [0.25, 0.3) is 10.8 Å². The quantitative estimate of drug-likeness (QED) is 0.859. The lowest BCUT2D eigenvalue weighted by atomic mass is 9.91. The van der Waals surface area contributed by atoms with E-state index in [-0.39, 0.29) is 5.56 Å². The van der Waals surface area contributed by atoms with Crippen LogP contribution >= 0.6 is 0 Å². The molecule has 19 heavy (non-hydrogen) atoms. The third-order valence-corrected chi connectivity index (χ3v) is 3.90. The molecule has 0 bridgehead atoms. The Morgan fingerprint density at radius 3 is 2.58 bits per heavy atom. The third-order valence-electron chi connectivity index (χ3n) is 3.90. The molecule has 1 N–H and O–H groups in total. The van der Waals surface area contributed by atoms with Crippen LogP contribution in [-0.2, 0) is 5.92 Å². The summed E-state index contributed by atoms with van der Waals surface area (Å²) >= 11 is 0. The number of fused-ring (bicyclic) bond motifs is 1. The zero-order valence-corrected chi connectivity index (χ0v) is 10.7. The highest BCUT2D eigenvalue weighted by molar-refractivity contribution is 5.86. The molecule has 0 saturated carbocycles. The van der Waals surface area contributed by atoms with Crippen molar-refractivity contribution in [3.8, 4) is 0 Å². The Morgan fingerprint density at radius 1 is 1.00 bits per heavy atom. The van der Waals surface area contributed by atoms with Crippen LogP contribution in [0.5, 0.6) is 0 Å². The van der Waals surface area contributed by atoms with Crippen LogP contribution in [0.1, 0.15) is 24.8 Å². The molecule has 1 unspecified atom stereocenters. The van der Waals surface area contributed by atoms with E-state index in [0.29, 0.717) is 18.4 Å². The van der Waals surface area contributed by atoms with Gasteiger partial charge in [0.1, 0.15) is 0 Å².